The number of imidazole rings is 1. The number of aromatic nitrogens is 3. The van der Waals surface area contributed by atoms with Crippen LogP contribution in [0.15, 0.2) is 18.6 Å². The monoisotopic (exact) mass is 236 g/mol. The van der Waals surface area contributed by atoms with E-state index in [-0.39, 0.29) is 0 Å². The van der Waals surface area contributed by atoms with Gasteiger partial charge in [0.15, 0.2) is 5.13 Å². The Hall–Kier alpha value is -1.36. The van der Waals surface area contributed by atoms with Crippen LogP contribution in [0.4, 0.5) is 5.13 Å². The lowest BCUT2D eigenvalue weighted by Crippen LogP contribution is -2.05. The molecule has 4 nitrogen and oxygen atoms in total. The third-order valence-electron chi connectivity index (χ3n) is 2.37. The van der Waals surface area contributed by atoms with Crippen LogP contribution in [0.3, 0.4) is 0 Å². The summed E-state index contributed by atoms with van der Waals surface area (Å²) >= 11 is 1.73. The highest BCUT2D eigenvalue weighted by Crippen LogP contribution is 2.19. The maximum Gasteiger partial charge on any atom is 0.183 e. The Labute approximate surface area is 99.4 Å². The molecular weight excluding hydrogens is 220 g/mol. The summed E-state index contributed by atoms with van der Waals surface area (Å²) < 4.78 is 2.01. The van der Waals surface area contributed by atoms with Gasteiger partial charge < -0.3 is 9.88 Å². The number of aryl methyl sites for hydroxylation is 2. The number of nitrogens with one attached hydrogen (secondary N) is 1. The first kappa shape index (κ1) is 11.1. The van der Waals surface area contributed by atoms with Gasteiger partial charge in [-0.25, -0.2) is 9.97 Å². The second-order valence-corrected chi connectivity index (χ2v) is 4.80. The molecule has 2 aromatic rings. The first-order chi connectivity index (χ1) is 7.79. The van der Waals surface area contributed by atoms with Gasteiger partial charge in [0.2, 0.25) is 0 Å². The molecule has 16 heavy (non-hydrogen) atoms. The van der Waals surface area contributed by atoms with Gasteiger partial charge in [0, 0.05) is 30.5 Å². The Morgan fingerprint density at radius 2 is 2.31 bits per heavy atom. The van der Waals surface area contributed by atoms with Gasteiger partial charge in [-0.2, -0.15) is 0 Å². The quantitative estimate of drug-likeness (QED) is 0.867. The van der Waals surface area contributed by atoms with Crippen molar-refractivity contribution in [2.24, 2.45) is 7.05 Å². The Balaban J connectivity index is 1.92. The summed E-state index contributed by atoms with van der Waals surface area (Å²) in [6, 6.07) is 0. The third kappa shape index (κ3) is 2.61. The minimum absolute atomic E-state index is 0.725. The number of rotatable bonds is 5. The highest BCUT2D eigenvalue weighted by atomic mass is 32.1. The first-order valence-corrected chi connectivity index (χ1v) is 6.26. The molecule has 2 rings (SSSR count). The maximum atomic E-state index is 4.33. The molecule has 0 aliphatic heterocycles. The summed E-state index contributed by atoms with van der Waals surface area (Å²) in [7, 11) is 1.99. The molecule has 0 unspecified atom stereocenters. The molecule has 0 aromatic carbocycles. The third-order valence-corrected chi connectivity index (χ3v) is 3.38. The van der Waals surface area contributed by atoms with E-state index in [0.717, 1.165) is 23.9 Å². The van der Waals surface area contributed by atoms with Crippen LogP contribution in [0.5, 0.6) is 0 Å². The Kier molecular flexibility index (Phi) is 3.56. The van der Waals surface area contributed by atoms with Gasteiger partial charge in [-0.05, 0) is 6.42 Å². The SMILES string of the molecule is CCCc1cnc(NCc2nccn2C)s1. The van der Waals surface area contributed by atoms with E-state index >= 15 is 0 Å². The van der Waals surface area contributed by atoms with E-state index in [4.69, 9.17) is 0 Å². The van der Waals surface area contributed by atoms with Gasteiger partial charge in [-0.1, -0.05) is 13.3 Å². The molecule has 0 aliphatic rings. The van der Waals surface area contributed by atoms with E-state index in [1.54, 1.807) is 17.5 Å². The summed E-state index contributed by atoms with van der Waals surface area (Å²) in [4.78, 5) is 9.92. The lowest BCUT2D eigenvalue weighted by atomic mass is 10.3. The highest BCUT2D eigenvalue weighted by molar-refractivity contribution is 7.15. The second kappa shape index (κ2) is 5.12. The molecule has 0 aliphatic carbocycles. The Morgan fingerprint density at radius 3 is 3.00 bits per heavy atom. The van der Waals surface area contributed by atoms with Crippen LogP contribution in [-0.2, 0) is 20.0 Å². The van der Waals surface area contributed by atoms with Crippen molar-refractivity contribution < 1.29 is 0 Å². The van der Waals surface area contributed by atoms with Crippen LogP contribution in [0, 0.1) is 0 Å². The topological polar surface area (TPSA) is 42.7 Å². The molecule has 2 aromatic heterocycles. The van der Waals surface area contributed by atoms with Crippen LogP contribution in [0.2, 0.25) is 0 Å². The summed E-state index contributed by atoms with van der Waals surface area (Å²) in [5.74, 6) is 1.02. The van der Waals surface area contributed by atoms with E-state index in [0.29, 0.717) is 0 Å². The van der Waals surface area contributed by atoms with Gasteiger partial charge in [0.05, 0.1) is 6.54 Å². The van der Waals surface area contributed by atoms with Crippen molar-refractivity contribution in [1.29, 1.82) is 0 Å². The number of thiazole rings is 1. The van der Waals surface area contributed by atoms with Gasteiger partial charge in [0.25, 0.3) is 0 Å². The molecule has 5 heteroatoms. The highest BCUT2D eigenvalue weighted by Gasteiger charge is 2.02. The van der Waals surface area contributed by atoms with Crippen LogP contribution in [-0.4, -0.2) is 14.5 Å². The van der Waals surface area contributed by atoms with Crippen molar-refractivity contribution in [3.8, 4) is 0 Å². The second-order valence-electron chi connectivity index (χ2n) is 3.69. The van der Waals surface area contributed by atoms with E-state index < -0.39 is 0 Å². The average molecular weight is 236 g/mol. The van der Waals surface area contributed by atoms with Gasteiger partial charge in [0.1, 0.15) is 5.82 Å². The molecule has 0 saturated carbocycles. The van der Waals surface area contributed by atoms with Crippen LogP contribution >= 0.6 is 11.3 Å². The van der Waals surface area contributed by atoms with Crippen LogP contribution < -0.4 is 5.32 Å². The fraction of sp³-hybridized carbons (Fsp3) is 0.455. The zero-order valence-electron chi connectivity index (χ0n) is 9.60. The van der Waals surface area contributed by atoms with E-state index in [2.05, 4.69) is 22.2 Å². The largest absolute Gasteiger partial charge is 0.354 e. The number of anilines is 1. The lowest BCUT2D eigenvalue weighted by Gasteiger charge is -2.02. The van der Waals surface area contributed by atoms with Crippen LogP contribution in [0.1, 0.15) is 24.0 Å². The predicted octanol–water partition coefficient (Wildman–Crippen LogP) is 2.44. The zero-order valence-corrected chi connectivity index (χ0v) is 10.4. The van der Waals surface area contributed by atoms with Gasteiger partial charge >= 0.3 is 0 Å². The average Bonchev–Trinajstić information content (AvgIpc) is 2.86. The zero-order chi connectivity index (χ0) is 11.4. The lowest BCUT2D eigenvalue weighted by molar-refractivity contribution is 0.812. The van der Waals surface area contributed by atoms with Crippen molar-refractivity contribution in [1.82, 2.24) is 14.5 Å². The Morgan fingerprint density at radius 1 is 1.44 bits per heavy atom. The van der Waals surface area contributed by atoms with Gasteiger partial charge in [-0.3, -0.25) is 0 Å². The van der Waals surface area contributed by atoms with E-state index in [1.165, 1.54) is 11.3 Å². The van der Waals surface area contributed by atoms with Crippen molar-refractivity contribution in [2.45, 2.75) is 26.3 Å². The maximum absolute atomic E-state index is 4.33. The van der Waals surface area contributed by atoms with Crippen molar-refractivity contribution in [3.05, 3.63) is 29.3 Å². The molecule has 2 heterocycles. The van der Waals surface area contributed by atoms with E-state index in [1.807, 2.05) is 24.0 Å². The fourth-order valence-corrected chi connectivity index (χ4v) is 2.38. The smallest absolute Gasteiger partial charge is 0.183 e. The number of hydrogen-bond donors (Lipinski definition) is 1. The number of nitrogens with zero attached hydrogens (tertiary/aromatic N) is 3. The minimum Gasteiger partial charge on any atom is -0.354 e. The molecule has 0 saturated heterocycles. The standard InChI is InChI=1S/C11H16N4S/c1-3-4-9-7-13-11(16-9)14-8-10-12-5-6-15(10)2/h5-7H,3-4,8H2,1-2H3,(H,13,14). The molecule has 0 fully saturated rings. The minimum atomic E-state index is 0.725. The Bertz CT molecular complexity index is 446. The molecule has 1 N–H and O–H groups in total. The fourth-order valence-electron chi connectivity index (χ4n) is 1.47. The molecule has 0 bridgehead atoms. The summed E-state index contributed by atoms with van der Waals surface area (Å²) in [6.07, 6.45) is 7.99. The summed E-state index contributed by atoms with van der Waals surface area (Å²) in [5, 5.41) is 4.27. The summed E-state index contributed by atoms with van der Waals surface area (Å²) in [5.41, 5.74) is 0. The molecule has 0 spiro atoms. The van der Waals surface area contributed by atoms with Crippen molar-refractivity contribution in [2.75, 3.05) is 5.32 Å². The van der Waals surface area contributed by atoms with Crippen molar-refractivity contribution in [3.63, 3.8) is 0 Å². The van der Waals surface area contributed by atoms with Crippen molar-refractivity contribution >= 4 is 16.5 Å². The molecule has 0 atom stereocenters. The molecule has 0 amide bonds. The van der Waals surface area contributed by atoms with Crippen LogP contribution in [0.25, 0.3) is 0 Å². The normalized spacial score (nSPS) is 10.6. The molecule has 0 radical (unpaired) electrons. The first-order valence-electron chi connectivity index (χ1n) is 5.44. The molecular formula is C11H16N4S. The predicted molar refractivity (Wildman–Crippen MR) is 66.6 cm³/mol. The summed E-state index contributed by atoms with van der Waals surface area (Å²) in [6.45, 7) is 2.91. The van der Waals surface area contributed by atoms with Gasteiger partial charge in [-0.15, -0.1) is 11.3 Å². The number of hydrogen-bond acceptors (Lipinski definition) is 4. The van der Waals surface area contributed by atoms with E-state index in [9.17, 15) is 0 Å². The molecule has 86 valence electrons.